The summed E-state index contributed by atoms with van der Waals surface area (Å²) in [5, 5.41) is 2.83. The molecule has 5 heteroatoms. The molecule has 1 amide bonds. The third kappa shape index (κ3) is 4.16. The van der Waals surface area contributed by atoms with E-state index in [1.54, 1.807) is 33.3 Å². The number of benzene rings is 2. The molecule has 0 fully saturated rings. The predicted molar refractivity (Wildman–Crippen MR) is 89.4 cm³/mol. The molecule has 0 heterocycles. The van der Waals surface area contributed by atoms with E-state index in [2.05, 4.69) is 5.32 Å². The molecule has 122 valence electrons. The van der Waals surface area contributed by atoms with Gasteiger partial charge >= 0.3 is 0 Å². The zero-order chi connectivity index (χ0) is 16.8. The number of aryl methyl sites for hydroxylation is 1. The molecule has 0 aliphatic carbocycles. The first-order valence-electron chi connectivity index (χ1n) is 7.30. The van der Waals surface area contributed by atoms with Crippen LogP contribution < -0.4 is 19.5 Å². The smallest absolute Gasteiger partial charge is 0.265 e. The van der Waals surface area contributed by atoms with Crippen molar-refractivity contribution in [3.63, 3.8) is 0 Å². The van der Waals surface area contributed by atoms with Crippen molar-refractivity contribution in [2.75, 3.05) is 19.5 Å². The molecule has 0 aliphatic rings. The number of ether oxygens (including phenoxy) is 3. The van der Waals surface area contributed by atoms with Gasteiger partial charge in [-0.25, -0.2) is 0 Å². The Labute approximate surface area is 136 Å². The lowest BCUT2D eigenvalue weighted by atomic mass is 10.2. The van der Waals surface area contributed by atoms with Crippen LogP contribution in [-0.4, -0.2) is 26.2 Å². The van der Waals surface area contributed by atoms with Crippen LogP contribution in [0.15, 0.2) is 42.5 Å². The summed E-state index contributed by atoms with van der Waals surface area (Å²) in [5.74, 6) is 1.45. The number of carbonyl (C=O) groups excluding carboxylic acids is 1. The summed E-state index contributed by atoms with van der Waals surface area (Å²) >= 11 is 0. The van der Waals surface area contributed by atoms with Gasteiger partial charge in [-0.1, -0.05) is 18.2 Å². The predicted octanol–water partition coefficient (Wildman–Crippen LogP) is 3.42. The van der Waals surface area contributed by atoms with Crippen LogP contribution in [-0.2, 0) is 4.79 Å². The molecule has 0 saturated carbocycles. The van der Waals surface area contributed by atoms with Crippen LogP contribution in [0.3, 0.4) is 0 Å². The van der Waals surface area contributed by atoms with Gasteiger partial charge in [-0.15, -0.1) is 0 Å². The number of carbonyl (C=O) groups is 1. The third-order valence-electron chi connectivity index (χ3n) is 3.35. The SMILES string of the molecule is COc1ccc(C)cc1NC(=O)[C@H](C)Oc1ccccc1OC. The average Bonchev–Trinajstić information content (AvgIpc) is 2.55. The number of hydrogen-bond acceptors (Lipinski definition) is 4. The van der Waals surface area contributed by atoms with Gasteiger partial charge in [0.1, 0.15) is 5.75 Å². The number of rotatable bonds is 6. The lowest BCUT2D eigenvalue weighted by molar-refractivity contribution is -0.122. The molecular weight excluding hydrogens is 294 g/mol. The lowest BCUT2D eigenvalue weighted by Crippen LogP contribution is -2.30. The molecule has 2 aromatic rings. The molecule has 1 N–H and O–H groups in total. The molecule has 0 bridgehead atoms. The standard InChI is InChI=1S/C18H21NO4/c1-12-9-10-15(21-3)14(11-12)19-18(20)13(2)23-17-8-6-5-7-16(17)22-4/h5-11,13H,1-4H3,(H,19,20)/t13-/m0/s1. The number of hydrogen-bond donors (Lipinski definition) is 1. The molecule has 0 radical (unpaired) electrons. The van der Waals surface area contributed by atoms with Crippen molar-refractivity contribution < 1.29 is 19.0 Å². The molecule has 0 saturated heterocycles. The Bertz CT molecular complexity index is 684. The summed E-state index contributed by atoms with van der Waals surface area (Å²) < 4.78 is 16.2. The largest absolute Gasteiger partial charge is 0.495 e. The first kappa shape index (κ1) is 16.7. The van der Waals surface area contributed by atoms with Crippen molar-refractivity contribution in [3.05, 3.63) is 48.0 Å². The van der Waals surface area contributed by atoms with E-state index in [9.17, 15) is 4.79 Å². The van der Waals surface area contributed by atoms with Crippen molar-refractivity contribution in [2.45, 2.75) is 20.0 Å². The van der Waals surface area contributed by atoms with Crippen LogP contribution in [0, 0.1) is 6.92 Å². The highest BCUT2D eigenvalue weighted by molar-refractivity contribution is 5.95. The summed E-state index contributed by atoms with van der Waals surface area (Å²) in [7, 11) is 3.12. The number of amides is 1. The van der Waals surface area contributed by atoms with Crippen LogP contribution in [0.1, 0.15) is 12.5 Å². The molecular formula is C18H21NO4. The summed E-state index contributed by atoms with van der Waals surface area (Å²) in [6.07, 6.45) is -0.684. The molecule has 0 unspecified atom stereocenters. The summed E-state index contributed by atoms with van der Waals surface area (Å²) in [4.78, 5) is 12.4. The molecule has 2 aromatic carbocycles. The Morgan fingerprint density at radius 2 is 1.65 bits per heavy atom. The lowest BCUT2D eigenvalue weighted by Gasteiger charge is -2.17. The molecule has 0 aromatic heterocycles. The summed E-state index contributed by atoms with van der Waals surface area (Å²) in [6.45, 7) is 3.63. The van der Waals surface area contributed by atoms with E-state index >= 15 is 0 Å². The molecule has 5 nitrogen and oxygen atoms in total. The molecule has 23 heavy (non-hydrogen) atoms. The Morgan fingerprint density at radius 1 is 1.00 bits per heavy atom. The zero-order valence-corrected chi connectivity index (χ0v) is 13.8. The van der Waals surface area contributed by atoms with Crippen molar-refractivity contribution >= 4 is 11.6 Å². The van der Waals surface area contributed by atoms with Gasteiger partial charge in [-0.3, -0.25) is 4.79 Å². The zero-order valence-electron chi connectivity index (χ0n) is 13.8. The monoisotopic (exact) mass is 315 g/mol. The first-order valence-corrected chi connectivity index (χ1v) is 7.30. The maximum atomic E-state index is 12.4. The van der Waals surface area contributed by atoms with E-state index < -0.39 is 6.10 Å². The van der Waals surface area contributed by atoms with E-state index in [0.29, 0.717) is 22.9 Å². The van der Waals surface area contributed by atoms with Crippen molar-refractivity contribution in [1.29, 1.82) is 0 Å². The van der Waals surface area contributed by atoms with E-state index in [0.717, 1.165) is 5.56 Å². The highest BCUT2D eigenvalue weighted by Crippen LogP contribution is 2.28. The highest BCUT2D eigenvalue weighted by atomic mass is 16.5. The van der Waals surface area contributed by atoms with Gasteiger partial charge in [0.2, 0.25) is 0 Å². The van der Waals surface area contributed by atoms with Gasteiger partial charge in [-0.05, 0) is 43.7 Å². The Balaban J connectivity index is 2.10. The van der Waals surface area contributed by atoms with Crippen LogP contribution in [0.2, 0.25) is 0 Å². The first-order chi connectivity index (χ1) is 11.0. The molecule has 0 spiro atoms. The summed E-state index contributed by atoms with van der Waals surface area (Å²) in [5.41, 5.74) is 1.65. The average molecular weight is 315 g/mol. The van der Waals surface area contributed by atoms with Crippen LogP contribution in [0.5, 0.6) is 17.2 Å². The molecule has 0 aliphatic heterocycles. The van der Waals surface area contributed by atoms with E-state index in [-0.39, 0.29) is 5.91 Å². The Kier molecular flexibility index (Phi) is 5.46. The second-order valence-electron chi connectivity index (χ2n) is 5.10. The second kappa shape index (κ2) is 7.54. The van der Waals surface area contributed by atoms with Crippen LogP contribution >= 0.6 is 0 Å². The van der Waals surface area contributed by atoms with Gasteiger partial charge < -0.3 is 19.5 Å². The van der Waals surface area contributed by atoms with Gasteiger partial charge in [-0.2, -0.15) is 0 Å². The molecule has 1 atom stereocenters. The maximum absolute atomic E-state index is 12.4. The van der Waals surface area contributed by atoms with Gasteiger partial charge in [0.15, 0.2) is 17.6 Å². The minimum Gasteiger partial charge on any atom is -0.495 e. The number of methoxy groups -OCH3 is 2. The minimum atomic E-state index is -0.684. The maximum Gasteiger partial charge on any atom is 0.265 e. The van der Waals surface area contributed by atoms with E-state index in [1.807, 2.05) is 37.3 Å². The van der Waals surface area contributed by atoms with E-state index in [1.165, 1.54) is 0 Å². The van der Waals surface area contributed by atoms with Crippen molar-refractivity contribution in [3.8, 4) is 17.2 Å². The fourth-order valence-corrected chi connectivity index (χ4v) is 2.11. The quantitative estimate of drug-likeness (QED) is 0.887. The van der Waals surface area contributed by atoms with Crippen molar-refractivity contribution in [1.82, 2.24) is 0 Å². The van der Waals surface area contributed by atoms with Crippen LogP contribution in [0.4, 0.5) is 5.69 Å². The fourth-order valence-electron chi connectivity index (χ4n) is 2.11. The fraction of sp³-hybridized carbons (Fsp3) is 0.278. The molecule has 2 rings (SSSR count). The number of nitrogens with one attached hydrogen (secondary N) is 1. The van der Waals surface area contributed by atoms with Gasteiger partial charge in [0, 0.05) is 0 Å². The van der Waals surface area contributed by atoms with Gasteiger partial charge in [0.25, 0.3) is 5.91 Å². The highest BCUT2D eigenvalue weighted by Gasteiger charge is 2.18. The summed E-state index contributed by atoms with van der Waals surface area (Å²) in [6, 6.07) is 12.8. The topological polar surface area (TPSA) is 56.8 Å². The Hall–Kier alpha value is -2.69. The third-order valence-corrected chi connectivity index (χ3v) is 3.35. The number of anilines is 1. The van der Waals surface area contributed by atoms with Crippen molar-refractivity contribution in [2.24, 2.45) is 0 Å². The number of para-hydroxylation sites is 2. The Morgan fingerprint density at radius 3 is 2.30 bits per heavy atom. The van der Waals surface area contributed by atoms with Gasteiger partial charge in [0.05, 0.1) is 19.9 Å². The normalized spacial score (nSPS) is 11.5. The minimum absolute atomic E-state index is 0.264. The second-order valence-corrected chi connectivity index (χ2v) is 5.10. The van der Waals surface area contributed by atoms with E-state index in [4.69, 9.17) is 14.2 Å². The van der Waals surface area contributed by atoms with Crippen LogP contribution in [0.25, 0.3) is 0 Å².